The first kappa shape index (κ1) is 17.2. The number of nitrogens with one attached hydrogen (secondary N) is 2. The summed E-state index contributed by atoms with van der Waals surface area (Å²) in [5.41, 5.74) is 0. The van der Waals surface area contributed by atoms with E-state index in [2.05, 4.69) is 20.7 Å². The van der Waals surface area contributed by atoms with Crippen molar-refractivity contribution < 1.29 is 4.79 Å². The number of nitrogens with zero attached hydrogens (tertiary/aromatic N) is 3. The number of fused-ring (bicyclic) bond motifs is 1. The van der Waals surface area contributed by atoms with E-state index in [0.29, 0.717) is 12.3 Å². The van der Waals surface area contributed by atoms with Crippen LogP contribution >= 0.6 is 12.4 Å². The second-order valence-electron chi connectivity index (χ2n) is 6.29. The Balaban J connectivity index is 0.00000176. The van der Waals surface area contributed by atoms with Crippen LogP contribution in [0.3, 0.4) is 0 Å². The van der Waals surface area contributed by atoms with Gasteiger partial charge in [0.05, 0.1) is 6.54 Å². The number of piperidine rings is 1. The lowest BCUT2D eigenvalue weighted by Crippen LogP contribution is -2.41. The fourth-order valence-corrected chi connectivity index (χ4v) is 3.36. The lowest BCUT2D eigenvalue weighted by atomic mass is 9.93. The van der Waals surface area contributed by atoms with E-state index in [1.807, 2.05) is 11.6 Å². The first-order valence-electron chi connectivity index (χ1n) is 8.11. The second kappa shape index (κ2) is 7.92. The predicted octanol–water partition coefficient (Wildman–Crippen LogP) is 1.22. The van der Waals surface area contributed by atoms with E-state index in [1.54, 1.807) is 0 Å². The SMILES string of the molecule is Cc1nc2n(n1)CC(NC(=O)CCC1CCNCC1)CC2.Cl. The molecule has 0 spiro atoms. The average molecular weight is 328 g/mol. The van der Waals surface area contributed by atoms with E-state index in [0.717, 1.165) is 50.5 Å². The average Bonchev–Trinajstić information content (AvgIpc) is 2.85. The molecule has 6 nitrogen and oxygen atoms in total. The minimum atomic E-state index is 0. The van der Waals surface area contributed by atoms with Crippen molar-refractivity contribution in [1.29, 1.82) is 0 Å². The van der Waals surface area contributed by atoms with Gasteiger partial charge < -0.3 is 10.6 Å². The number of hydrogen-bond donors (Lipinski definition) is 2. The third-order valence-corrected chi connectivity index (χ3v) is 4.57. The van der Waals surface area contributed by atoms with E-state index in [9.17, 15) is 4.79 Å². The lowest BCUT2D eigenvalue weighted by Gasteiger charge is -2.25. The van der Waals surface area contributed by atoms with Crippen LogP contribution in [0, 0.1) is 12.8 Å². The normalized spacial score (nSPS) is 21.8. The van der Waals surface area contributed by atoms with Crippen molar-refractivity contribution in [2.45, 2.75) is 58.0 Å². The predicted molar refractivity (Wildman–Crippen MR) is 87.1 cm³/mol. The largest absolute Gasteiger partial charge is 0.351 e. The summed E-state index contributed by atoms with van der Waals surface area (Å²) in [7, 11) is 0. The van der Waals surface area contributed by atoms with Gasteiger partial charge in [-0.2, -0.15) is 5.10 Å². The van der Waals surface area contributed by atoms with Crippen molar-refractivity contribution in [2.24, 2.45) is 5.92 Å². The lowest BCUT2D eigenvalue weighted by molar-refractivity contribution is -0.122. The van der Waals surface area contributed by atoms with E-state index < -0.39 is 0 Å². The summed E-state index contributed by atoms with van der Waals surface area (Å²) in [4.78, 5) is 16.5. The number of halogens is 1. The Labute approximate surface area is 137 Å². The van der Waals surface area contributed by atoms with E-state index in [-0.39, 0.29) is 24.4 Å². The van der Waals surface area contributed by atoms with Gasteiger partial charge in [-0.15, -0.1) is 12.4 Å². The number of rotatable bonds is 4. The van der Waals surface area contributed by atoms with Crippen molar-refractivity contribution in [1.82, 2.24) is 25.4 Å². The van der Waals surface area contributed by atoms with E-state index in [4.69, 9.17) is 0 Å². The highest BCUT2D eigenvalue weighted by atomic mass is 35.5. The molecule has 1 aromatic rings. The van der Waals surface area contributed by atoms with Crippen LogP contribution in [0.25, 0.3) is 0 Å². The molecule has 1 aromatic heterocycles. The number of amides is 1. The van der Waals surface area contributed by atoms with Crippen molar-refractivity contribution >= 4 is 18.3 Å². The van der Waals surface area contributed by atoms with Gasteiger partial charge >= 0.3 is 0 Å². The minimum Gasteiger partial charge on any atom is -0.351 e. The molecule has 22 heavy (non-hydrogen) atoms. The topological polar surface area (TPSA) is 71.8 Å². The maximum atomic E-state index is 12.1. The van der Waals surface area contributed by atoms with Crippen LogP contribution in [-0.4, -0.2) is 39.8 Å². The first-order valence-corrected chi connectivity index (χ1v) is 8.11. The molecule has 0 aromatic carbocycles. The van der Waals surface area contributed by atoms with E-state index in [1.165, 1.54) is 12.8 Å². The van der Waals surface area contributed by atoms with Gasteiger partial charge in [-0.25, -0.2) is 9.67 Å². The first-order chi connectivity index (χ1) is 10.2. The highest BCUT2D eigenvalue weighted by molar-refractivity contribution is 5.85. The number of hydrogen-bond acceptors (Lipinski definition) is 4. The Morgan fingerprint density at radius 1 is 1.36 bits per heavy atom. The van der Waals surface area contributed by atoms with E-state index >= 15 is 0 Å². The summed E-state index contributed by atoms with van der Waals surface area (Å²) in [5, 5.41) is 10.9. The summed E-state index contributed by atoms with van der Waals surface area (Å²) in [5.74, 6) is 2.78. The number of carbonyl (C=O) groups excluding carboxylic acids is 1. The van der Waals surface area contributed by atoms with Gasteiger partial charge in [0.25, 0.3) is 0 Å². The molecule has 1 atom stereocenters. The molecule has 0 aliphatic carbocycles. The summed E-state index contributed by atoms with van der Waals surface area (Å²) in [6.45, 7) is 4.87. The molecule has 2 aliphatic rings. The zero-order valence-corrected chi connectivity index (χ0v) is 14.0. The molecular formula is C15H26ClN5O. The second-order valence-corrected chi connectivity index (χ2v) is 6.29. The Hall–Kier alpha value is -1.14. The van der Waals surface area contributed by atoms with Gasteiger partial charge in [0.2, 0.25) is 5.91 Å². The van der Waals surface area contributed by atoms with Gasteiger partial charge in [-0.3, -0.25) is 4.79 Å². The third-order valence-electron chi connectivity index (χ3n) is 4.57. The molecule has 3 rings (SSSR count). The molecule has 0 saturated carbocycles. The monoisotopic (exact) mass is 327 g/mol. The summed E-state index contributed by atoms with van der Waals surface area (Å²) in [6.07, 6.45) is 5.96. The number of aryl methyl sites for hydroxylation is 2. The van der Waals surface area contributed by atoms with Crippen molar-refractivity contribution in [2.75, 3.05) is 13.1 Å². The summed E-state index contributed by atoms with van der Waals surface area (Å²) >= 11 is 0. The molecule has 7 heteroatoms. The number of carbonyl (C=O) groups is 1. The maximum absolute atomic E-state index is 12.1. The van der Waals surface area contributed by atoms with Crippen molar-refractivity contribution in [3.63, 3.8) is 0 Å². The van der Waals surface area contributed by atoms with Crippen LogP contribution in [0.15, 0.2) is 0 Å². The van der Waals surface area contributed by atoms with Crippen LogP contribution in [0.5, 0.6) is 0 Å². The highest BCUT2D eigenvalue weighted by Gasteiger charge is 2.22. The maximum Gasteiger partial charge on any atom is 0.220 e. The van der Waals surface area contributed by atoms with Crippen LogP contribution in [0.1, 0.15) is 43.8 Å². The molecule has 1 amide bonds. The zero-order chi connectivity index (χ0) is 14.7. The third kappa shape index (κ3) is 4.43. The standard InChI is InChI=1S/C15H25N5O.ClH/c1-11-17-14-4-3-13(10-20(14)19-11)18-15(21)5-2-12-6-8-16-9-7-12;/h12-13,16H,2-10H2,1H3,(H,18,21);1H. The molecular weight excluding hydrogens is 302 g/mol. The molecule has 1 saturated heterocycles. The zero-order valence-electron chi connectivity index (χ0n) is 13.2. The molecule has 0 radical (unpaired) electrons. The molecule has 2 N–H and O–H groups in total. The van der Waals surface area contributed by atoms with Gasteiger partial charge in [-0.05, 0) is 51.6 Å². The van der Waals surface area contributed by atoms with Crippen molar-refractivity contribution in [3.05, 3.63) is 11.6 Å². The van der Waals surface area contributed by atoms with Crippen LogP contribution in [0.2, 0.25) is 0 Å². The van der Waals surface area contributed by atoms with Crippen molar-refractivity contribution in [3.8, 4) is 0 Å². The number of aromatic nitrogens is 3. The van der Waals surface area contributed by atoms with Gasteiger partial charge in [0, 0.05) is 18.9 Å². The molecule has 2 aliphatic heterocycles. The Morgan fingerprint density at radius 3 is 2.91 bits per heavy atom. The van der Waals surface area contributed by atoms with Crippen LogP contribution < -0.4 is 10.6 Å². The van der Waals surface area contributed by atoms with Gasteiger partial charge in [-0.1, -0.05) is 0 Å². The Bertz CT molecular complexity index is 498. The van der Waals surface area contributed by atoms with Gasteiger partial charge in [0.1, 0.15) is 11.6 Å². The highest BCUT2D eigenvalue weighted by Crippen LogP contribution is 2.18. The Morgan fingerprint density at radius 2 is 2.14 bits per heavy atom. The minimum absolute atomic E-state index is 0. The quantitative estimate of drug-likeness (QED) is 0.872. The van der Waals surface area contributed by atoms with Crippen LogP contribution in [0.4, 0.5) is 0 Å². The fourth-order valence-electron chi connectivity index (χ4n) is 3.36. The fraction of sp³-hybridized carbons (Fsp3) is 0.800. The molecule has 0 bridgehead atoms. The molecule has 1 unspecified atom stereocenters. The smallest absolute Gasteiger partial charge is 0.220 e. The molecule has 1 fully saturated rings. The summed E-state index contributed by atoms with van der Waals surface area (Å²) in [6, 6.07) is 0.208. The van der Waals surface area contributed by atoms with Gasteiger partial charge in [0.15, 0.2) is 0 Å². The summed E-state index contributed by atoms with van der Waals surface area (Å²) < 4.78 is 1.94. The molecule has 124 valence electrons. The molecule has 3 heterocycles. The Kier molecular flexibility index (Phi) is 6.20. The van der Waals surface area contributed by atoms with Crippen LogP contribution in [-0.2, 0) is 17.8 Å².